The Morgan fingerprint density at radius 1 is 1.00 bits per heavy atom. The molecule has 1 rings (SSSR count). The highest BCUT2D eigenvalue weighted by atomic mass is 16.6. The van der Waals surface area contributed by atoms with E-state index in [1.807, 2.05) is 0 Å². The van der Waals surface area contributed by atoms with Crippen LogP contribution < -0.4 is 0 Å². The van der Waals surface area contributed by atoms with Crippen molar-refractivity contribution in [1.82, 2.24) is 15.0 Å². The van der Waals surface area contributed by atoms with E-state index in [1.54, 1.807) is 19.2 Å². The van der Waals surface area contributed by atoms with E-state index in [0.717, 1.165) is 13.0 Å². The Bertz CT molecular complexity index is 628. The van der Waals surface area contributed by atoms with Crippen LogP contribution in [0, 0.1) is 0 Å². The second-order valence-corrected chi connectivity index (χ2v) is 7.31. The topological polar surface area (TPSA) is 149 Å². The molecule has 0 spiro atoms. The summed E-state index contributed by atoms with van der Waals surface area (Å²) in [5, 5.41) is 47.7. The monoisotopic (exact) mass is 461 g/mol. The summed E-state index contributed by atoms with van der Waals surface area (Å²) in [6.45, 7) is 6.97. The molecule has 11 nitrogen and oxygen atoms in total. The van der Waals surface area contributed by atoms with Crippen LogP contribution in [0.25, 0.3) is 0 Å². The van der Waals surface area contributed by atoms with Gasteiger partial charge in [0.2, 0.25) is 0 Å². The molecule has 1 heterocycles. The quantitative estimate of drug-likeness (QED) is 0.126. The van der Waals surface area contributed by atoms with Gasteiger partial charge in [0.1, 0.15) is 24.0 Å². The lowest BCUT2D eigenvalue weighted by Crippen LogP contribution is -2.46. The van der Waals surface area contributed by atoms with Crippen LogP contribution in [-0.4, -0.2) is 100 Å². The first-order valence-electron chi connectivity index (χ1n) is 11.0. The SMILES string of the molecule is C/C=C(/Cn1cc(COCCOCCOCCCCC)nn1)[C@@H](O)[C@H](O)[C@@H](O)[C@H](O)OC. The van der Waals surface area contributed by atoms with Gasteiger partial charge in [-0.2, -0.15) is 0 Å². The van der Waals surface area contributed by atoms with E-state index in [1.165, 1.54) is 24.6 Å². The number of hydrogen-bond acceptors (Lipinski definition) is 10. The standard InChI is InChI=1S/C21H39N3O8/c1-4-6-7-8-30-9-10-31-11-12-32-15-17-14-24(23-22-17)13-16(5-2)18(25)19(26)20(27)21(28)29-3/h5,14,18-21,25-28H,4,6-13,15H2,1-3H3/b16-5-/t18-,19+,20-,21-/m1/s1. The van der Waals surface area contributed by atoms with Crippen LogP contribution in [-0.2, 0) is 32.1 Å². The maximum absolute atomic E-state index is 10.3. The minimum Gasteiger partial charge on any atom is -0.387 e. The first kappa shape index (κ1) is 28.6. The Morgan fingerprint density at radius 2 is 1.66 bits per heavy atom. The zero-order valence-corrected chi connectivity index (χ0v) is 19.3. The lowest BCUT2D eigenvalue weighted by atomic mass is 9.99. The van der Waals surface area contributed by atoms with Crippen molar-refractivity contribution in [3.05, 3.63) is 23.5 Å². The van der Waals surface area contributed by atoms with Gasteiger partial charge in [-0.3, -0.25) is 0 Å². The summed E-state index contributed by atoms with van der Waals surface area (Å²) >= 11 is 0. The van der Waals surface area contributed by atoms with E-state index in [0.29, 0.717) is 37.7 Å². The fraction of sp³-hybridized carbons (Fsp3) is 0.810. The van der Waals surface area contributed by atoms with Gasteiger partial charge in [-0.05, 0) is 18.9 Å². The van der Waals surface area contributed by atoms with Gasteiger partial charge in [0.05, 0.1) is 45.8 Å². The lowest BCUT2D eigenvalue weighted by Gasteiger charge is -2.27. The first-order valence-corrected chi connectivity index (χ1v) is 11.0. The molecule has 11 heteroatoms. The van der Waals surface area contributed by atoms with Crippen molar-refractivity contribution < 1.29 is 39.4 Å². The minimum atomic E-state index is -1.67. The number of ether oxygens (including phenoxy) is 4. The van der Waals surface area contributed by atoms with Crippen LogP contribution >= 0.6 is 0 Å². The number of rotatable bonds is 19. The predicted octanol–water partition coefficient (Wildman–Crippen LogP) is 0.0119. The van der Waals surface area contributed by atoms with Crippen molar-refractivity contribution in [3.8, 4) is 0 Å². The summed E-state index contributed by atoms with van der Waals surface area (Å²) < 4.78 is 22.5. The molecule has 0 saturated heterocycles. The highest BCUT2D eigenvalue weighted by molar-refractivity contribution is 5.10. The smallest absolute Gasteiger partial charge is 0.183 e. The molecule has 0 aliphatic heterocycles. The van der Waals surface area contributed by atoms with Gasteiger partial charge in [-0.15, -0.1) is 5.10 Å². The molecule has 0 saturated carbocycles. The molecule has 0 amide bonds. The summed E-state index contributed by atoms with van der Waals surface area (Å²) in [6, 6.07) is 0. The fourth-order valence-electron chi connectivity index (χ4n) is 2.81. The Balaban J connectivity index is 2.29. The largest absolute Gasteiger partial charge is 0.387 e. The van der Waals surface area contributed by atoms with Crippen molar-refractivity contribution in [2.45, 2.75) is 70.9 Å². The fourth-order valence-corrected chi connectivity index (χ4v) is 2.81. The normalized spacial score (nSPS) is 16.2. The summed E-state index contributed by atoms with van der Waals surface area (Å²) in [7, 11) is 1.18. The third-order valence-electron chi connectivity index (χ3n) is 4.77. The van der Waals surface area contributed by atoms with Gasteiger partial charge in [0.25, 0.3) is 0 Å². The molecule has 0 fully saturated rings. The van der Waals surface area contributed by atoms with Gasteiger partial charge in [0, 0.05) is 13.7 Å². The summed E-state index contributed by atoms with van der Waals surface area (Å²) in [6.07, 6.45) is 0.358. The molecule has 1 aromatic heterocycles. The average molecular weight is 462 g/mol. The zero-order valence-electron chi connectivity index (χ0n) is 19.3. The first-order chi connectivity index (χ1) is 15.4. The number of allylic oxidation sites excluding steroid dienone is 1. The molecule has 0 bridgehead atoms. The third-order valence-corrected chi connectivity index (χ3v) is 4.77. The van der Waals surface area contributed by atoms with Gasteiger partial charge < -0.3 is 39.4 Å². The molecular weight excluding hydrogens is 422 g/mol. The van der Waals surface area contributed by atoms with E-state index < -0.39 is 24.6 Å². The van der Waals surface area contributed by atoms with E-state index in [2.05, 4.69) is 22.0 Å². The lowest BCUT2D eigenvalue weighted by molar-refractivity contribution is -0.187. The number of hydrogen-bond donors (Lipinski definition) is 4. The van der Waals surface area contributed by atoms with Gasteiger partial charge >= 0.3 is 0 Å². The summed E-state index contributed by atoms with van der Waals surface area (Å²) in [5.41, 5.74) is 0.993. The van der Waals surface area contributed by atoms with Crippen molar-refractivity contribution in [1.29, 1.82) is 0 Å². The average Bonchev–Trinajstić information content (AvgIpc) is 3.26. The summed E-state index contributed by atoms with van der Waals surface area (Å²) in [5.74, 6) is 0. The maximum Gasteiger partial charge on any atom is 0.183 e. The van der Waals surface area contributed by atoms with Crippen molar-refractivity contribution in [2.24, 2.45) is 0 Å². The van der Waals surface area contributed by atoms with E-state index in [-0.39, 0.29) is 13.2 Å². The molecule has 186 valence electrons. The van der Waals surface area contributed by atoms with Crippen LogP contribution in [0.2, 0.25) is 0 Å². The van der Waals surface area contributed by atoms with Crippen LogP contribution in [0.3, 0.4) is 0 Å². The molecular formula is C21H39N3O8. The molecule has 0 aromatic carbocycles. The van der Waals surface area contributed by atoms with Crippen LogP contribution in [0.15, 0.2) is 17.8 Å². The van der Waals surface area contributed by atoms with Crippen LogP contribution in [0.1, 0.15) is 38.8 Å². The molecule has 4 atom stereocenters. The van der Waals surface area contributed by atoms with Gasteiger partial charge in [-0.1, -0.05) is 31.1 Å². The number of methoxy groups -OCH3 is 1. The molecule has 0 aliphatic carbocycles. The Kier molecular flexibility index (Phi) is 15.3. The number of aliphatic hydroxyl groups is 4. The minimum absolute atomic E-state index is 0.138. The van der Waals surface area contributed by atoms with Crippen molar-refractivity contribution in [2.75, 3.05) is 40.1 Å². The number of nitrogens with zero attached hydrogens (tertiary/aromatic N) is 3. The van der Waals surface area contributed by atoms with Crippen molar-refractivity contribution >= 4 is 0 Å². The molecule has 32 heavy (non-hydrogen) atoms. The van der Waals surface area contributed by atoms with Gasteiger partial charge in [0.15, 0.2) is 6.29 Å². The zero-order chi connectivity index (χ0) is 23.8. The van der Waals surface area contributed by atoms with E-state index in [9.17, 15) is 20.4 Å². The van der Waals surface area contributed by atoms with Gasteiger partial charge in [-0.25, -0.2) is 4.68 Å². The molecule has 0 aliphatic rings. The molecule has 4 N–H and O–H groups in total. The summed E-state index contributed by atoms with van der Waals surface area (Å²) in [4.78, 5) is 0. The number of aromatic nitrogens is 3. The van der Waals surface area contributed by atoms with Crippen LogP contribution in [0.4, 0.5) is 0 Å². The highest BCUT2D eigenvalue weighted by Crippen LogP contribution is 2.15. The molecule has 1 aromatic rings. The van der Waals surface area contributed by atoms with E-state index in [4.69, 9.17) is 14.2 Å². The molecule has 0 unspecified atom stereocenters. The number of unbranched alkanes of at least 4 members (excludes halogenated alkanes) is 2. The third kappa shape index (κ3) is 10.9. The van der Waals surface area contributed by atoms with E-state index >= 15 is 0 Å². The Labute approximate surface area is 189 Å². The predicted molar refractivity (Wildman–Crippen MR) is 116 cm³/mol. The van der Waals surface area contributed by atoms with Crippen molar-refractivity contribution in [3.63, 3.8) is 0 Å². The molecule has 0 radical (unpaired) electrons. The Hall–Kier alpha value is -1.44. The number of aliphatic hydroxyl groups excluding tert-OH is 4. The Morgan fingerprint density at radius 3 is 2.28 bits per heavy atom. The maximum atomic E-state index is 10.3. The second-order valence-electron chi connectivity index (χ2n) is 7.31. The van der Waals surface area contributed by atoms with Crippen LogP contribution in [0.5, 0.6) is 0 Å². The second kappa shape index (κ2) is 17.1. The highest BCUT2D eigenvalue weighted by Gasteiger charge is 2.32.